The fraction of sp³-hybridized carbons (Fsp3) is 0.0952. The van der Waals surface area contributed by atoms with Crippen molar-refractivity contribution in [3.8, 4) is 5.75 Å². The average molecular weight is 402 g/mol. The molecule has 2 N–H and O–H groups in total. The van der Waals surface area contributed by atoms with Crippen LogP contribution in [0.15, 0.2) is 66.7 Å². The minimum Gasteiger partial charge on any atom is -0.488 e. The zero-order valence-electron chi connectivity index (χ0n) is 14.3. The smallest absolute Gasteiger partial charge is 0.335 e. The first-order valence-electron chi connectivity index (χ1n) is 8.25. The van der Waals surface area contributed by atoms with Crippen molar-refractivity contribution in [2.24, 2.45) is 0 Å². The summed E-state index contributed by atoms with van der Waals surface area (Å²) in [6, 6.07) is 19.5. The van der Waals surface area contributed by atoms with Gasteiger partial charge in [0.15, 0.2) is 0 Å². The van der Waals surface area contributed by atoms with Crippen molar-refractivity contribution >= 4 is 34.9 Å². The summed E-state index contributed by atoms with van der Waals surface area (Å²) in [5.74, 6) is -0.249. The van der Waals surface area contributed by atoms with Crippen LogP contribution in [-0.4, -0.2) is 11.1 Å². The number of hydrogen-bond donors (Lipinski definition) is 2. The van der Waals surface area contributed by atoms with Crippen molar-refractivity contribution in [2.75, 3.05) is 5.32 Å². The maximum Gasteiger partial charge on any atom is 0.335 e. The van der Waals surface area contributed by atoms with Gasteiger partial charge in [-0.1, -0.05) is 41.4 Å². The maximum atomic E-state index is 10.9. The summed E-state index contributed by atoms with van der Waals surface area (Å²) in [5.41, 5.74) is 2.83. The minimum atomic E-state index is -0.952. The van der Waals surface area contributed by atoms with E-state index in [1.54, 1.807) is 30.3 Å². The summed E-state index contributed by atoms with van der Waals surface area (Å²) in [4.78, 5) is 10.9. The lowest BCUT2D eigenvalue weighted by Crippen LogP contribution is -2.04. The molecule has 6 heteroatoms. The van der Waals surface area contributed by atoms with Gasteiger partial charge in [-0.3, -0.25) is 0 Å². The van der Waals surface area contributed by atoms with E-state index in [9.17, 15) is 4.79 Å². The summed E-state index contributed by atoms with van der Waals surface area (Å²) < 4.78 is 5.94. The fourth-order valence-electron chi connectivity index (χ4n) is 2.53. The molecule has 27 heavy (non-hydrogen) atoms. The lowest BCUT2D eigenvalue weighted by Gasteiger charge is -2.14. The molecule has 0 spiro atoms. The summed E-state index contributed by atoms with van der Waals surface area (Å²) in [6.45, 7) is 0.826. The van der Waals surface area contributed by atoms with Crippen LogP contribution in [0, 0.1) is 0 Å². The van der Waals surface area contributed by atoms with Crippen molar-refractivity contribution in [2.45, 2.75) is 13.2 Å². The molecule has 0 amide bonds. The Morgan fingerprint density at radius 1 is 0.963 bits per heavy atom. The molecule has 3 rings (SSSR count). The van der Waals surface area contributed by atoms with Gasteiger partial charge >= 0.3 is 5.97 Å². The van der Waals surface area contributed by atoms with E-state index in [0.717, 1.165) is 16.8 Å². The zero-order chi connectivity index (χ0) is 19.2. The van der Waals surface area contributed by atoms with Gasteiger partial charge in [-0.2, -0.15) is 0 Å². The molecular formula is C21H17Cl2NO3. The Hall–Kier alpha value is -2.69. The van der Waals surface area contributed by atoms with E-state index in [0.29, 0.717) is 28.9 Å². The average Bonchev–Trinajstić information content (AvgIpc) is 2.67. The highest BCUT2D eigenvalue weighted by Crippen LogP contribution is 2.26. The van der Waals surface area contributed by atoms with Crippen LogP contribution < -0.4 is 10.1 Å². The molecule has 0 aromatic heterocycles. The lowest BCUT2D eigenvalue weighted by atomic mass is 10.1. The van der Waals surface area contributed by atoms with E-state index in [4.69, 9.17) is 33.0 Å². The van der Waals surface area contributed by atoms with Crippen LogP contribution in [0.2, 0.25) is 10.0 Å². The molecular weight excluding hydrogens is 385 g/mol. The molecule has 0 heterocycles. The quantitative estimate of drug-likeness (QED) is 0.518. The monoisotopic (exact) mass is 401 g/mol. The third kappa shape index (κ3) is 5.16. The molecule has 3 aromatic rings. The van der Waals surface area contributed by atoms with E-state index in [1.165, 1.54) is 0 Å². The normalized spacial score (nSPS) is 10.4. The van der Waals surface area contributed by atoms with E-state index >= 15 is 0 Å². The predicted octanol–water partition coefficient (Wildman–Crippen LogP) is 5.88. The van der Waals surface area contributed by atoms with Gasteiger partial charge in [0, 0.05) is 33.4 Å². The van der Waals surface area contributed by atoms with Gasteiger partial charge in [0.2, 0.25) is 0 Å². The van der Waals surface area contributed by atoms with Crippen LogP contribution in [0.5, 0.6) is 5.75 Å². The molecule has 0 unspecified atom stereocenters. The Morgan fingerprint density at radius 3 is 2.41 bits per heavy atom. The molecule has 0 radical (unpaired) electrons. The second-order valence-corrected chi connectivity index (χ2v) is 6.71. The van der Waals surface area contributed by atoms with Crippen LogP contribution in [0.3, 0.4) is 0 Å². The second-order valence-electron chi connectivity index (χ2n) is 5.87. The molecule has 138 valence electrons. The number of anilines is 1. The number of halogens is 2. The number of rotatable bonds is 7. The number of carbonyl (C=O) groups is 1. The first kappa shape index (κ1) is 19.1. The van der Waals surface area contributed by atoms with E-state index in [-0.39, 0.29) is 5.56 Å². The van der Waals surface area contributed by atoms with Crippen LogP contribution in [0.1, 0.15) is 21.5 Å². The Kier molecular flexibility index (Phi) is 6.22. The Balaban J connectivity index is 1.70. The van der Waals surface area contributed by atoms with Crippen LogP contribution in [0.25, 0.3) is 0 Å². The standard InChI is InChI=1S/C21H17Cl2NO3/c22-17-7-10-20(27-13-15-3-1-2-4-19(15)23)16(11-17)12-24-18-8-5-14(6-9-18)21(25)26/h1-11,24H,12-13H2,(H,25,26). The molecule has 0 bridgehead atoms. The number of ether oxygens (including phenoxy) is 1. The van der Waals surface area contributed by atoms with Gasteiger partial charge in [-0.15, -0.1) is 0 Å². The van der Waals surface area contributed by atoms with Gasteiger partial charge < -0.3 is 15.2 Å². The second kappa shape index (κ2) is 8.80. The van der Waals surface area contributed by atoms with Crippen LogP contribution >= 0.6 is 23.2 Å². The topological polar surface area (TPSA) is 58.6 Å². The van der Waals surface area contributed by atoms with E-state index < -0.39 is 5.97 Å². The molecule has 0 atom stereocenters. The van der Waals surface area contributed by atoms with Gasteiger partial charge in [-0.05, 0) is 48.5 Å². The van der Waals surface area contributed by atoms with Gasteiger partial charge in [-0.25, -0.2) is 4.79 Å². The Morgan fingerprint density at radius 2 is 1.70 bits per heavy atom. The third-order valence-corrected chi connectivity index (χ3v) is 4.58. The zero-order valence-corrected chi connectivity index (χ0v) is 15.8. The first-order chi connectivity index (χ1) is 13.0. The van der Waals surface area contributed by atoms with Gasteiger partial charge in [0.1, 0.15) is 12.4 Å². The molecule has 0 fully saturated rings. The predicted molar refractivity (Wildman–Crippen MR) is 108 cm³/mol. The number of aromatic carboxylic acids is 1. The highest BCUT2D eigenvalue weighted by atomic mass is 35.5. The molecule has 0 saturated heterocycles. The molecule has 0 saturated carbocycles. The van der Waals surface area contributed by atoms with Crippen molar-refractivity contribution in [3.05, 3.63) is 93.5 Å². The largest absolute Gasteiger partial charge is 0.488 e. The summed E-state index contributed by atoms with van der Waals surface area (Å²) in [5, 5.41) is 13.5. The van der Waals surface area contributed by atoms with E-state index in [1.807, 2.05) is 36.4 Å². The SMILES string of the molecule is O=C(O)c1ccc(NCc2cc(Cl)ccc2OCc2ccccc2Cl)cc1. The highest BCUT2D eigenvalue weighted by molar-refractivity contribution is 6.31. The Bertz CT molecular complexity index is 942. The molecule has 3 aromatic carbocycles. The number of carboxylic acids is 1. The van der Waals surface area contributed by atoms with Crippen molar-refractivity contribution < 1.29 is 14.6 Å². The van der Waals surface area contributed by atoms with Crippen molar-refractivity contribution in [1.29, 1.82) is 0 Å². The third-order valence-electron chi connectivity index (χ3n) is 3.98. The first-order valence-corrected chi connectivity index (χ1v) is 9.00. The van der Waals surface area contributed by atoms with Crippen LogP contribution in [-0.2, 0) is 13.2 Å². The minimum absolute atomic E-state index is 0.243. The molecule has 0 aliphatic carbocycles. The van der Waals surface area contributed by atoms with Gasteiger partial charge in [0.05, 0.1) is 5.56 Å². The molecule has 0 aliphatic heterocycles. The summed E-state index contributed by atoms with van der Waals surface area (Å²) in [6.07, 6.45) is 0. The molecule has 4 nitrogen and oxygen atoms in total. The van der Waals surface area contributed by atoms with Crippen LogP contribution in [0.4, 0.5) is 5.69 Å². The maximum absolute atomic E-state index is 10.9. The van der Waals surface area contributed by atoms with E-state index in [2.05, 4.69) is 5.32 Å². The lowest BCUT2D eigenvalue weighted by molar-refractivity contribution is 0.0697. The molecule has 0 aliphatic rings. The van der Waals surface area contributed by atoms with Crippen molar-refractivity contribution in [3.63, 3.8) is 0 Å². The number of carboxylic acid groups (broad SMARTS) is 1. The fourth-order valence-corrected chi connectivity index (χ4v) is 2.91. The van der Waals surface area contributed by atoms with Crippen molar-refractivity contribution in [1.82, 2.24) is 0 Å². The van der Waals surface area contributed by atoms with Gasteiger partial charge in [0.25, 0.3) is 0 Å². The number of benzene rings is 3. The summed E-state index contributed by atoms with van der Waals surface area (Å²) in [7, 11) is 0. The highest BCUT2D eigenvalue weighted by Gasteiger charge is 2.08. The summed E-state index contributed by atoms with van der Waals surface area (Å²) >= 11 is 12.3. The number of hydrogen-bond acceptors (Lipinski definition) is 3. The Labute approximate surface area is 167 Å². The number of nitrogens with one attached hydrogen (secondary N) is 1.